The minimum absolute atomic E-state index is 0.235. The van der Waals surface area contributed by atoms with Gasteiger partial charge in [0.25, 0.3) is 0 Å². The van der Waals surface area contributed by atoms with Gasteiger partial charge in [-0.05, 0) is 25.5 Å². The smallest absolute Gasteiger partial charge is 0.127 e. The predicted octanol–water partition coefficient (Wildman–Crippen LogP) is 2.05. The Hall–Kier alpha value is -1.26. The van der Waals surface area contributed by atoms with E-state index in [-0.39, 0.29) is 12.6 Å². The molecule has 1 aromatic carbocycles. The third kappa shape index (κ3) is 3.39. The van der Waals surface area contributed by atoms with Crippen molar-refractivity contribution in [2.24, 2.45) is 0 Å². The number of hydrogen-bond acceptors (Lipinski definition) is 4. The zero-order valence-electron chi connectivity index (χ0n) is 11.8. The normalized spacial score (nSPS) is 20.3. The number of aliphatic hydroxyl groups is 1. The quantitative estimate of drug-likeness (QED) is 0.885. The highest BCUT2D eigenvalue weighted by molar-refractivity contribution is 5.40. The van der Waals surface area contributed by atoms with Gasteiger partial charge in [-0.25, -0.2) is 0 Å². The second-order valence-corrected chi connectivity index (χ2v) is 4.98. The molecule has 19 heavy (non-hydrogen) atoms. The first-order valence-corrected chi connectivity index (χ1v) is 6.84. The monoisotopic (exact) mass is 265 g/mol. The van der Waals surface area contributed by atoms with Crippen LogP contribution in [-0.4, -0.2) is 43.4 Å². The van der Waals surface area contributed by atoms with Crippen molar-refractivity contribution in [1.82, 2.24) is 4.90 Å². The highest BCUT2D eigenvalue weighted by atomic mass is 16.5. The molecule has 1 atom stereocenters. The van der Waals surface area contributed by atoms with Gasteiger partial charge < -0.3 is 14.6 Å². The van der Waals surface area contributed by atoms with Crippen molar-refractivity contribution >= 4 is 0 Å². The summed E-state index contributed by atoms with van der Waals surface area (Å²) < 4.78 is 10.6. The summed E-state index contributed by atoms with van der Waals surface area (Å²) in [5, 5.41) is 9.46. The maximum atomic E-state index is 9.46. The van der Waals surface area contributed by atoms with Gasteiger partial charge in [-0.1, -0.05) is 12.5 Å². The molecule has 2 rings (SSSR count). The van der Waals surface area contributed by atoms with E-state index < -0.39 is 0 Å². The summed E-state index contributed by atoms with van der Waals surface area (Å²) in [7, 11) is 3.33. The van der Waals surface area contributed by atoms with Crippen molar-refractivity contribution in [2.75, 3.05) is 27.4 Å². The molecule has 1 aliphatic heterocycles. The van der Waals surface area contributed by atoms with Crippen molar-refractivity contribution in [3.05, 3.63) is 23.8 Å². The summed E-state index contributed by atoms with van der Waals surface area (Å²) in [5.41, 5.74) is 1.14. The molecule has 0 amide bonds. The van der Waals surface area contributed by atoms with Crippen molar-refractivity contribution in [2.45, 2.75) is 31.8 Å². The van der Waals surface area contributed by atoms with Crippen LogP contribution in [0, 0.1) is 0 Å². The van der Waals surface area contributed by atoms with Crippen LogP contribution in [0.25, 0.3) is 0 Å². The molecule has 1 aromatic rings. The molecule has 4 heteroatoms. The number of piperidine rings is 1. The van der Waals surface area contributed by atoms with Crippen LogP contribution in [0.5, 0.6) is 11.5 Å². The Morgan fingerprint density at radius 3 is 2.79 bits per heavy atom. The first-order chi connectivity index (χ1) is 9.28. The summed E-state index contributed by atoms with van der Waals surface area (Å²) in [5.74, 6) is 1.65. The van der Waals surface area contributed by atoms with Gasteiger partial charge in [-0.15, -0.1) is 0 Å². The molecule has 0 radical (unpaired) electrons. The molecule has 1 heterocycles. The van der Waals surface area contributed by atoms with E-state index in [2.05, 4.69) is 4.90 Å². The molecule has 0 aliphatic carbocycles. The number of aliphatic hydroxyl groups excluding tert-OH is 1. The topological polar surface area (TPSA) is 41.9 Å². The number of likely N-dealkylation sites (tertiary alicyclic amines) is 1. The Kier molecular flexibility index (Phi) is 5.05. The van der Waals surface area contributed by atoms with Gasteiger partial charge in [0, 0.05) is 24.2 Å². The van der Waals surface area contributed by atoms with Crippen LogP contribution in [0.2, 0.25) is 0 Å². The first-order valence-electron chi connectivity index (χ1n) is 6.84. The molecule has 4 nitrogen and oxygen atoms in total. The number of methoxy groups -OCH3 is 2. The molecule has 0 spiro atoms. The molecule has 0 aromatic heterocycles. The maximum absolute atomic E-state index is 9.46. The summed E-state index contributed by atoms with van der Waals surface area (Å²) in [6.07, 6.45) is 3.49. The van der Waals surface area contributed by atoms with Crippen LogP contribution < -0.4 is 9.47 Å². The lowest BCUT2D eigenvalue weighted by Crippen LogP contribution is -2.41. The Balaban J connectivity index is 2.12. The lowest BCUT2D eigenvalue weighted by molar-refractivity contribution is 0.0834. The van der Waals surface area contributed by atoms with Gasteiger partial charge >= 0.3 is 0 Å². The lowest BCUT2D eigenvalue weighted by Gasteiger charge is -2.34. The minimum Gasteiger partial charge on any atom is -0.497 e. The van der Waals surface area contributed by atoms with Gasteiger partial charge in [0.2, 0.25) is 0 Å². The number of ether oxygens (including phenoxy) is 2. The maximum Gasteiger partial charge on any atom is 0.127 e. The summed E-state index contributed by atoms with van der Waals surface area (Å²) >= 11 is 0. The second-order valence-electron chi connectivity index (χ2n) is 4.98. The van der Waals surface area contributed by atoms with Crippen molar-refractivity contribution in [3.8, 4) is 11.5 Å². The first kappa shape index (κ1) is 14.2. The van der Waals surface area contributed by atoms with E-state index in [0.29, 0.717) is 0 Å². The van der Waals surface area contributed by atoms with E-state index in [0.717, 1.165) is 36.6 Å². The largest absolute Gasteiger partial charge is 0.497 e. The number of hydrogen-bond donors (Lipinski definition) is 1. The van der Waals surface area contributed by atoms with E-state index in [1.54, 1.807) is 14.2 Å². The Labute approximate surface area is 114 Å². The Morgan fingerprint density at radius 2 is 2.11 bits per heavy atom. The van der Waals surface area contributed by atoms with Gasteiger partial charge in [0.05, 0.1) is 20.8 Å². The SMILES string of the molecule is COc1ccc(CN2CCCCC2CO)c(OC)c1. The van der Waals surface area contributed by atoms with Crippen molar-refractivity contribution in [1.29, 1.82) is 0 Å². The predicted molar refractivity (Wildman–Crippen MR) is 74.7 cm³/mol. The number of nitrogens with zero attached hydrogens (tertiary/aromatic N) is 1. The molecular formula is C15H23NO3. The average Bonchev–Trinajstić information content (AvgIpc) is 2.48. The van der Waals surface area contributed by atoms with Crippen LogP contribution in [0.15, 0.2) is 18.2 Å². The van der Waals surface area contributed by atoms with Crippen LogP contribution >= 0.6 is 0 Å². The molecule has 0 bridgehead atoms. The summed E-state index contributed by atoms with van der Waals surface area (Å²) in [4.78, 5) is 2.34. The third-order valence-electron chi connectivity index (χ3n) is 3.83. The van der Waals surface area contributed by atoms with Crippen molar-refractivity contribution in [3.63, 3.8) is 0 Å². The molecule has 1 aliphatic rings. The van der Waals surface area contributed by atoms with E-state index in [1.807, 2.05) is 18.2 Å². The van der Waals surface area contributed by atoms with E-state index >= 15 is 0 Å². The number of rotatable bonds is 5. The fourth-order valence-electron chi connectivity index (χ4n) is 2.68. The summed E-state index contributed by atoms with van der Waals surface area (Å²) in [6, 6.07) is 6.18. The zero-order chi connectivity index (χ0) is 13.7. The van der Waals surface area contributed by atoms with Crippen LogP contribution in [0.1, 0.15) is 24.8 Å². The molecule has 106 valence electrons. The van der Waals surface area contributed by atoms with E-state index in [4.69, 9.17) is 9.47 Å². The zero-order valence-corrected chi connectivity index (χ0v) is 11.8. The molecular weight excluding hydrogens is 242 g/mol. The van der Waals surface area contributed by atoms with Gasteiger partial charge in [-0.3, -0.25) is 4.90 Å². The van der Waals surface area contributed by atoms with Crippen LogP contribution in [0.4, 0.5) is 0 Å². The highest BCUT2D eigenvalue weighted by Crippen LogP contribution is 2.28. The minimum atomic E-state index is 0.235. The Bertz CT molecular complexity index is 408. The Morgan fingerprint density at radius 1 is 1.26 bits per heavy atom. The van der Waals surface area contributed by atoms with Crippen LogP contribution in [0.3, 0.4) is 0 Å². The third-order valence-corrected chi connectivity index (χ3v) is 3.83. The molecule has 1 N–H and O–H groups in total. The molecule has 1 unspecified atom stereocenters. The molecule has 1 saturated heterocycles. The highest BCUT2D eigenvalue weighted by Gasteiger charge is 2.22. The summed E-state index contributed by atoms with van der Waals surface area (Å²) in [6.45, 7) is 2.09. The van der Waals surface area contributed by atoms with Gasteiger partial charge in [-0.2, -0.15) is 0 Å². The van der Waals surface area contributed by atoms with Gasteiger partial charge in [0.1, 0.15) is 11.5 Å². The second kappa shape index (κ2) is 6.78. The fourth-order valence-corrected chi connectivity index (χ4v) is 2.68. The fraction of sp³-hybridized carbons (Fsp3) is 0.600. The lowest BCUT2D eigenvalue weighted by atomic mass is 10.0. The molecule has 1 fully saturated rings. The van der Waals surface area contributed by atoms with Crippen LogP contribution in [-0.2, 0) is 6.54 Å². The van der Waals surface area contributed by atoms with Crippen molar-refractivity contribution < 1.29 is 14.6 Å². The standard InChI is InChI=1S/C15H23NO3/c1-18-14-7-6-12(15(9-14)19-2)10-16-8-4-3-5-13(16)11-17/h6-7,9,13,17H,3-5,8,10-11H2,1-2H3. The average molecular weight is 265 g/mol. The number of benzene rings is 1. The van der Waals surface area contributed by atoms with E-state index in [1.165, 1.54) is 12.8 Å². The molecule has 0 saturated carbocycles. The van der Waals surface area contributed by atoms with E-state index in [9.17, 15) is 5.11 Å². The van der Waals surface area contributed by atoms with Gasteiger partial charge in [0.15, 0.2) is 0 Å².